The third-order valence-corrected chi connectivity index (χ3v) is 20.1. The Bertz CT molecular complexity index is 4220. The third-order valence-electron chi connectivity index (χ3n) is 20.1. The summed E-state index contributed by atoms with van der Waals surface area (Å²) >= 11 is 0. The summed E-state index contributed by atoms with van der Waals surface area (Å²) in [7, 11) is 0. The van der Waals surface area contributed by atoms with Gasteiger partial charge in [-0.3, -0.25) is 0 Å². The molecule has 0 unspecified atom stereocenters. The number of aromatic hydroxyl groups is 2. The number of phenolic OH excluding ortho intramolecular Hbond substituents is 2. The van der Waals surface area contributed by atoms with Crippen molar-refractivity contribution in [1.82, 2.24) is 9.13 Å². The minimum absolute atomic E-state index is 0.0305. The first kappa shape index (κ1) is 68.8. The van der Waals surface area contributed by atoms with E-state index in [4.69, 9.17) is 9.47 Å². The van der Waals surface area contributed by atoms with E-state index < -0.39 is 22.5 Å². The number of benzene rings is 8. The van der Waals surface area contributed by atoms with Gasteiger partial charge in [-0.25, -0.2) is 8.78 Å². The van der Waals surface area contributed by atoms with E-state index in [-0.39, 0.29) is 56.2 Å². The van der Waals surface area contributed by atoms with Crippen LogP contribution in [0.1, 0.15) is 229 Å². The standard InChI is InChI=1S/C87H106F2N2O4/c1-50-35-58(88)45-68(66-37-56(86(21,22)48-80(3,4)5)43-74(76(66)92)90-70-39-52(82(9,10)11)25-31-62(70)63-32-26-53(40-71(63)90)83(12,13)14)78(50)94-60-29-30-61(47-60)95-79-51(2)36-59(89)46-69(79)67-38-57(87(23,24)49-81(6,7)8)44-75(77(67)93)91-72-41-54(84(15,16)17)27-33-64(72)65-34-28-55(42-73(65)91)85(18,19)20/h25-28,31-46,60-61,92-93H,29-30,47-49H2,1-24H3/t60-,61-/m1/s1. The fraction of sp³-hybridized carbons (Fsp3) is 0.448. The molecule has 0 aliphatic heterocycles. The smallest absolute Gasteiger partial charge is 0.147 e. The van der Waals surface area contributed by atoms with Gasteiger partial charge >= 0.3 is 0 Å². The van der Waals surface area contributed by atoms with Gasteiger partial charge in [-0.05, 0) is 200 Å². The zero-order valence-corrected chi connectivity index (χ0v) is 61.6. The Balaban J connectivity index is 1.03. The van der Waals surface area contributed by atoms with Gasteiger partial charge in [0, 0.05) is 50.2 Å². The Morgan fingerprint density at radius 3 is 0.916 bits per heavy atom. The van der Waals surface area contributed by atoms with Crippen molar-refractivity contribution < 1.29 is 28.5 Å². The fourth-order valence-electron chi connectivity index (χ4n) is 15.7. The van der Waals surface area contributed by atoms with Crippen molar-refractivity contribution in [1.29, 1.82) is 0 Å². The van der Waals surface area contributed by atoms with Crippen LogP contribution in [0, 0.1) is 36.3 Å². The predicted octanol–water partition coefficient (Wildman–Crippen LogP) is 24.5. The second-order valence-electron chi connectivity index (χ2n) is 36.1. The molecule has 0 bridgehead atoms. The van der Waals surface area contributed by atoms with Crippen molar-refractivity contribution in [2.24, 2.45) is 10.8 Å². The first-order chi connectivity index (χ1) is 43.8. The molecule has 1 fully saturated rings. The Labute approximate surface area is 566 Å². The van der Waals surface area contributed by atoms with Crippen molar-refractivity contribution in [3.8, 4) is 56.6 Å². The quantitative estimate of drug-likeness (QED) is 0.128. The molecule has 0 spiro atoms. The van der Waals surface area contributed by atoms with Gasteiger partial charge in [-0.15, -0.1) is 0 Å². The molecule has 8 heteroatoms. The van der Waals surface area contributed by atoms with E-state index in [1.165, 1.54) is 46.5 Å². The van der Waals surface area contributed by atoms with Gasteiger partial charge in [0.25, 0.3) is 0 Å². The highest BCUT2D eigenvalue weighted by atomic mass is 19.1. The zero-order chi connectivity index (χ0) is 69.6. The van der Waals surface area contributed by atoms with Crippen molar-refractivity contribution in [2.75, 3.05) is 0 Å². The number of hydrogen-bond acceptors (Lipinski definition) is 4. The van der Waals surface area contributed by atoms with Crippen LogP contribution in [0.25, 0.3) is 77.2 Å². The number of hydrogen-bond donors (Lipinski definition) is 2. The van der Waals surface area contributed by atoms with Crippen molar-refractivity contribution in [2.45, 2.75) is 243 Å². The summed E-state index contributed by atoms with van der Waals surface area (Å²) in [6.07, 6.45) is 2.64. The summed E-state index contributed by atoms with van der Waals surface area (Å²) in [6.45, 7) is 53.1. The van der Waals surface area contributed by atoms with Gasteiger partial charge < -0.3 is 28.8 Å². The number of aryl methyl sites for hydroxylation is 2. The number of fused-ring (bicyclic) bond motifs is 6. The van der Waals surface area contributed by atoms with Crippen molar-refractivity contribution in [3.05, 3.63) is 177 Å². The average molecular weight is 1280 g/mol. The largest absolute Gasteiger partial charge is 0.505 e. The molecule has 8 aromatic carbocycles. The molecule has 2 N–H and O–H groups in total. The van der Waals surface area contributed by atoms with Crippen LogP contribution in [-0.2, 0) is 32.5 Å². The van der Waals surface area contributed by atoms with Crippen molar-refractivity contribution >= 4 is 43.6 Å². The van der Waals surface area contributed by atoms with Crippen LogP contribution in [0.15, 0.2) is 121 Å². The summed E-state index contributed by atoms with van der Waals surface area (Å²) in [5.74, 6) is 0.190. The molecule has 1 aliphatic rings. The predicted molar refractivity (Wildman–Crippen MR) is 397 cm³/mol. The Morgan fingerprint density at radius 1 is 0.368 bits per heavy atom. The zero-order valence-electron chi connectivity index (χ0n) is 61.6. The molecule has 2 heterocycles. The van der Waals surface area contributed by atoms with Crippen LogP contribution in [0.5, 0.6) is 23.0 Å². The van der Waals surface area contributed by atoms with E-state index in [9.17, 15) is 10.2 Å². The lowest BCUT2D eigenvalue weighted by molar-refractivity contribution is 0.165. The molecule has 0 amide bonds. The molecule has 502 valence electrons. The first-order valence-electron chi connectivity index (χ1n) is 34.7. The second-order valence-corrected chi connectivity index (χ2v) is 36.1. The van der Waals surface area contributed by atoms with Crippen LogP contribution in [0.4, 0.5) is 8.78 Å². The maximum absolute atomic E-state index is 16.5. The van der Waals surface area contributed by atoms with E-state index in [1.54, 1.807) is 0 Å². The molecular weight excluding hydrogens is 1170 g/mol. The topological polar surface area (TPSA) is 68.8 Å². The lowest BCUT2D eigenvalue weighted by Gasteiger charge is -2.34. The number of phenols is 2. The maximum atomic E-state index is 16.5. The second kappa shape index (κ2) is 23.6. The summed E-state index contributed by atoms with van der Waals surface area (Å²) in [5.41, 5.74) is 13.5. The summed E-state index contributed by atoms with van der Waals surface area (Å²) < 4.78 is 51.9. The number of halogens is 2. The summed E-state index contributed by atoms with van der Waals surface area (Å²) in [5, 5.41) is 31.1. The highest BCUT2D eigenvalue weighted by Gasteiger charge is 2.37. The average Bonchev–Trinajstić information content (AvgIpc) is 1.61. The van der Waals surface area contributed by atoms with E-state index in [0.717, 1.165) is 67.6 Å². The number of rotatable bonds is 12. The lowest BCUT2D eigenvalue weighted by Crippen LogP contribution is -2.25. The molecule has 2 aromatic heterocycles. The Hall–Kier alpha value is -7.58. The highest BCUT2D eigenvalue weighted by Crippen LogP contribution is 2.52. The number of ether oxygens (including phenoxy) is 2. The van der Waals surface area contributed by atoms with E-state index in [2.05, 4.69) is 259 Å². The molecule has 1 saturated carbocycles. The molecular formula is C87H106F2N2O4. The van der Waals surface area contributed by atoms with Crippen LogP contribution in [0.3, 0.4) is 0 Å². The Morgan fingerprint density at radius 2 is 0.653 bits per heavy atom. The molecule has 2 atom stereocenters. The van der Waals surface area contributed by atoms with Gasteiger partial charge in [-0.1, -0.05) is 201 Å². The SMILES string of the molecule is Cc1cc(F)cc(-c2cc(C(C)(C)CC(C)(C)C)cc(-n3c4cc(C(C)(C)C)ccc4c4ccc(C(C)(C)C)cc43)c2O)c1O[C@@H]1CC[C@@H](Oc2c(C)cc(F)cc2-c2cc(C(C)(C)CC(C)(C)C)cc(-n3c4cc(C(C)(C)C)ccc4c4ccc(C(C)(C)C)cc43)c2O)C1. The number of aromatic nitrogens is 2. The maximum Gasteiger partial charge on any atom is 0.147 e. The van der Waals surface area contributed by atoms with Gasteiger partial charge in [0.1, 0.15) is 46.8 Å². The third kappa shape index (κ3) is 13.5. The van der Waals surface area contributed by atoms with Crippen LogP contribution >= 0.6 is 0 Å². The number of nitrogens with zero attached hydrogens (tertiary/aromatic N) is 2. The first-order valence-corrected chi connectivity index (χ1v) is 34.7. The fourth-order valence-corrected chi connectivity index (χ4v) is 15.7. The molecule has 0 radical (unpaired) electrons. The molecule has 10 aromatic rings. The molecule has 0 saturated heterocycles. The van der Waals surface area contributed by atoms with E-state index in [0.29, 0.717) is 75.5 Å². The van der Waals surface area contributed by atoms with Gasteiger partial charge in [0.05, 0.1) is 33.4 Å². The molecule has 1 aliphatic carbocycles. The summed E-state index contributed by atoms with van der Waals surface area (Å²) in [4.78, 5) is 0. The van der Waals surface area contributed by atoms with Crippen LogP contribution in [0.2, 0.25) is 0 Å². The van der Waals surface area contributed by atoms with Crippen molar-refractivity contribution in [3.63, 3.8) is 0 Å². The van der Waals surface area contributed by atoms with Gasteiger partial charge in [0.15, 0.2) is 0 Å². The van der Waals surface area contributed by atoms with E-state index in [1.807, 2.05) is 13.8 Å². The van der Waals surface area contributed by atoms with Crippen LogP contribution < -0.4 is 9.47 Å². The molecule has 11 rings (SSSR count). The van der Waals surface area contributed by atoms with E-state index >= 15 is 8.78 Å². The summed E-state index contributed by atoms with van der Waals surface area (Å²) in [6, 6.07) is 41.4. The monoisotopic (exact) mass is 1280 g/mol. The Kier molecular flexibility index (Phi) is 17.1. The molecule has 6 nitrogen and oxygen atoms in total. The normalized spacial score (nSPS) is 15.7. The lowest BCUT2D eigenvalue weighted by atomic mass is 9.71. The minimum Gasteiger partial charge on any atom is -0.505 e. The van der Waals surface area contributed by atoms with Gasteiger partial charge in [-0.2, -0.15) is 0 Å². The van der Waals surface area contributed by atoms with Gasteiger partial charge in [0.2, 0.25) is 0 Å². The minimum atomic E-state index is -0.432. The molecule has 95 heavy (non-hydrogen) atoms. The van der Waals surface area contributed by atoms with Crippen LogP contribution in [-0.4, -0.2) is 31.6 Å². The highest BCUT2D eigenvalue weighted by molar-refractivity contribution is 6.11.